The predicted molar refractivity (Wildman–Crippen MR) is 68.1 cm³/mol. The Balaban J connectivity index is 2.19. The third-order valence-electron chi connectivity index (χ3n) is 2.36. The van der Waals surface area contributed by atoms with Gasteiger partial charge in [0.15, 0.2) is 0 Å². The van der Waals surface area contributed by atoms with E-state index in [4.69, 9.17) is 15.2 Å². The molecule has 1 aromatic rings. The monoisotopic (exact) mass is 238 g/mol. The van der Waals surface area contributed by atoms with Crippen molar-refractivity contribution in [3.05, 3.63) is 24.0 Å². The molecule has 0 aliphatic carbocycles. The first-order chi connectivity index (χ1) is 8.24. The lowest BCUT2D eigenvalue weighted by Crippen LogP contribution is -2.09. The Morgan fingerprint density at radius 1 is 1.29 bits per heavy atom. The molecule has 0 aromatic carbocycles. The summed E-state index contributed by atoms with van der Waals surface area (Å²) < 4.78 is 10.9. The molecule has 0 saturated carbocycles. The maximum absolute atomic E-state index is 5.71. The predicted octanol–water partition coefficient (Wildman–Crippen LogP) is 2.30. The van der Waals surface area contributed by atoms with E-state index in [9.17, 15) is 0 Å². The number of nitrogens with zero attached hydrogens (tertiary/aromatic N) is 1. The highest BCUT2D eigenvalue weighted by Crippen LogP contribution is 2.12. The Hall–Kier alpha value is -1.13. The molecule has 0 aliphatic rings. The molecular formula is C13H22N2O2. The van der Waals surface area contributed by atoms with Crippen LogP contribution in [0.15, 0.2) is 18.3 Å². The van der Waals surface area contributed by atoms with Crippen molar-refractivity contribution in [3.8, 4) is 5.75 Å². The van der Waals surface area contributed by atoms with Crippen LogP contribution in [0, 0.1) is 0 Å². The molecule has 96 valence electrons. The van der Waals surface area contributed by atoms with Crippen LogP contribution >= 0.6 is 0 Å². The maximum Gasteiger partial charge on any atom is 0.137 e. The second kappa shape index (κ2) is 8.03. The summed E-state index contributed by atoms with van der Waals surface area (Å²) in [5.41, 5.74) is 6.58. The van der Waals surface area contributed by atoms with Gasteiger partial charge in [-0.25, -0.2) is 0 Å². The van der Waals surface area contributed by atoms with E-state index in [1.807, 2.05) is 19.1 Å². The van der Waals surface area contributed by atoms with Crippen molar-refractivity contribution in [2.24, 2.45) is 5.73 Å². The number of nitrogens with two attached hydrogens (primary N) is 1. The van der Waals surface area contributed by atoms with Gasteiger partial charge >= 0.3 is 0 Å². The second-order valence-corrected chi connectivity index (χ2v) is 4.02. The van der Waals surface area contributed by atoms with Gasteiger partial charge in [-0.1, -0.05) is 13.3 Å². The van der Waals surface area contributed by atoms with Crippen LogP contribution in [-0.2, 0) is 4.74 Å². The summed E-state index contributed by atoms with van der Waals surface area (Å²) in [6, 6.07) is 3.73. The lowest BCUT2D eigenvalue weighted by atomic mass is 10.2. The lowest BCUT2D eigenvalue weighted by Gasteiger charge is -2.08. The molecule has 1 atom stereocenters. The van der Waals surface area contributed by atoms with Gasteiger partial charge in [-0.15, -0.1) is 0 Å². The molecule has 0 amide bonds. The molecule has 0 saturated heterocycles. The first-order valence-corrected chi connectivity index (χ1v) is 6.16. The van der Waals surface area contributed by atoms with E-state index in [1.165, 1.54) is 0 Å². The average Bonchev–Trinajstić information content (AvgIpc) is 2.34. The van der Waals surface area contributed by atoms with Gasteiger partial charge < -0.3 is 15.2 Å². The summed E-state index contributed by atoms with van der Waals surface area (Å²) in [4.78, 5) is 4.22. The van der Waals surface area contributed by atoms with Crippen molar-refractivity contribution < 1.29 is 9.47 Å². The fourth-order valence-corrected chi connectivity index (χ4v) is 1.31. The van der Waals surface area contributed by atoms with Crippen LogP contribution in [0.4, 0.5) is 0 Å². The van der Waals surface area contributed by atoms with Crippen LogP contribution in [0.1, 0.15) is 38.4 Å². The minimum absolute atomic E-state index is 0.0403. The number of hydrogen-bond donors (Lipinski definition) is 1. The summed E-state index contributed by atoms with van der Waals surface area (Å²) >= 11 is 0. The van der Waals surface area contributed by atoms with Crippen LogP contribution in [0.2, 0.25) is 0 Å². The van der Waals surface area contributed by atoms with Crippen molar-refractivity contribution in [2.75, 3.05) is 19.8 Å². The van der Waals surface area contributed by atoms with Gasteiger partial charge in [0.05, 0.1) is 18.5 Å². The summed E-state index contributed by atoms with van der Waals surface area (Å²) in [5.74, 6) is 0.758. The molecule has 1 heterocycles. The van der Waals surface area contributed by atoms with Crippen molar-refractivity contribution >= 4 is 0 Å². The van der Waals surface area contributed by atoms with Crippen molar-refractivity contribution in [1.29, 1.82) is 0 Å². The Morgan fingerprint density at radius 3 is 2.71 bits per heavy atom. The van der Waals surface area contributed by atoms with E-state index in [-0.39, 0.29) is 6.04 Å². The molecule has 0 fully saturated rings. The third kappa shape index (κ3) is 5.65. The van der Waals surface area contributed by atoms with Gasteiger partial charge in [-0.2, -0.15) is 0 Å². The molecule has 0 aliphatic heterocycles. The molecule has 1 aromatic heterocycles. The van der Waals surface area contributed by atoms with Crippen molar-refractivity contribution in [1.82, 2.24) is 4.98 Å². The molecule has 0 spiro atoms. The van der Waals surface area contributed by atoms with Crippen LogP contribution in [0.3, 0.4) is 0 Å². The first kappa shape index (κ1) is 13.9. The Morgan fingerprint density at radius 2 is 2.12 bits per heavy atom. The zero-order valence-electron chi connectivity index (χ0n) is 10.7. The number of hydrogen-bond acceptors (Lipinski definition) is 4. The maximum atomic E-state index is 5.71. The molecule has 4 heteroatoms. The Labute approximate surface area is 103 Å². The van der Waals surface area contributed by atoms with Gasteiger partial charge in [0.1, 0.15) is 12.4 Å². The van der Waals surface area contributed by atoms with Crippen LogP contribution in [0.25, 0.3) is 0 Å². The third-order valence-corrected chi connectivity index (χ3v) is 2.36. The summed E-state index contributed by atoms with van der Waals surface area (Å²) in [6.45, 7) is 6.04. The average molecular weight is 238 g/mol. The lowest BCUT2D eigenvalue weighted by molar-refractivity contribution is 0.0979. The smallest absolute Gasteiger partial charge is 0.137 e. The van der Waals surface area contributed by atoms with E-state index < -0.39 is 0 Å². The normalized spacial score (nSPS) is 12.4. The number of ether oxygens (including phenoxy) is 2. The quantitative estimate of drug-likeness (QED) is 0.706. The highest BCUT2D eigenvalue weighted by molar-refractivity contribution is 5.21. The summed E-state index contributed by atoms with van der Waals surface area (Å²) in [5, 5.41) is 0. The number of pyridine rings is 1. The summed E-state index contributed by atoms with van der Waals surface area (Å²) in [6.07, 6.45) is 3.96. The highest BCUT2D eigenvalue weighted by atomic mass is 16.5. The number of rotatable bonds is 8. The minimum atomic E-state index is -0.0403. The zero-order chi connectivity index (χ0) is 12.5. The largest absolute Gasteiger partial charge is 0.490 e. The van der Waals surface area contributed by atoms with Gasteiger partial charge in [0, 0.05) is 12.6 Å². The Bertz CT molecular complexity index is 299. The fourth-order valence-electron chi connectivity index (χ4n) is 1.31. The topological polar surface area (TPSA) is 57.4 Å². The van der Waals surface area contributed by atoms with Gasteiger partial charge in [0.25, 0.3) is 0 Å². The van der Waals surface area contributed by atoms with Crippen LogP contribution in [0.5, 0.6) is 5.75 Å². The number of unbranched alkanes of at least 4 members (excludes halogenated alkanes) is 1. The molecule has 0 bridgehead atoms. The van der Waals surface area contributed by atoms with E-state index in [2.05, 4.69) is 11.9 Å². The summed E-state index contributed by atoms with van der Waals surface area (Å²) in [7, 11) is 0. The molecule has 0 unspecified atom stereocenters. The molecule has 1 rings (SSSR count). The SMILES string of the molecule is CCCCOCCOc1ccc([C@H](C)N)nc1. The first-order valence-electron chi connectivity index (χ1n) is 6.16. The molecule has 17 heavy (non-hydrogen) atoms. The highest BCUT2D eigenvalue weighted by Gasteiger charge is 2.01. The van der Waals surface area contributed by atoms with Gasteiger partial charge in [0.2, 0.25) is 0 Å². The fraction of sp³-hybridized carbons (Fsp3) is 0.615. The second-order valence-electron chi connectivity index (χ2n) is 4.02. The van der Waals surface area contributed by atoms with E-state index >= 15 is 0 Å². The molecule has 2 N–H and O–H groups in total. The van der Waals surface area contributed by atoms with Crippen LogP contribution in [-0.4, -0.2) is 24.8 Å². The van der Waals surface area contributed by atoms with E-state index in [1.54, 1.807) is 6.20 Å². The Kier molecular flexibility index (Phi) is 6.58. The van der Waals surface area contributed by atoms with Gasteiger partial charge in [-0.3, -0.25) is 4.98 Å². The van der Waals surface area contributed by atoms with E-state index in [0.717, 1.165) is 30.9 Å². The van der Waals surface area contributed by atoms with Crippen LogP contribution < -0.4 is 10.5 Å². The minimum Gasteiger partial charge on any atom is -0.490 e. The molecule has 4 nitrogen and oxygen atoms in total. The number of aromatic nitrogens is 1. The van der Waals surface area contributed by atoms with Crippen molar-refractivity contribution in [3.63, 3.8) is 0 Å². The van der Waals surface area contributed by atoms with Gasteiger partial charge in [-0.05, 0) is 25.5 Å². The van der Waals surface area contributed by atoms with Crippen molar-refractivity contribution in [2.45, 2.75) is 32.7 Å². The van der Waals surface area contributed by atoms with E-state index in [0.29, 0.717) is 13.2 Å². The molecule has 0 radical (unpaired) electrons. The zero-order valence-corrected chi connectivity index (χ0v) is 10.7. The molecular weight excluding hydrogens is 216 g/mol. The standard InChI is InChI=1S/C13H22N2O2/c1-3-4-7-16-8-9-17-12-5-6-13(11(2)14)15-10-12/h5-6,10-11H,3-4,7-9,14H2,1-2H3/t11-/m0/s1.